The number of hydrogen-bond donors (Lipinski definition) is 0. The van der Waals surface area contributed by atoms with E-state index in [2.05, 4.69) is 40.2 Å². The minimum Gasteiger partial charge on any atom is -0.309 e. The molecule has 0 aliphatic carbocycles. The van der Waals surface area contributed by atoms with Crippen LogP contribution >= 0.6 is 23.1 Å². The Morgan fingerprint density at radius 1 is 0.481 bits per heavy atom. The molecule has 0 spiro atoms. The van der Waals surface area contributed by atoms with Crippen LogP contribution in [0.1, 0.15) is 0 Å². The fraction of sp³-hybridized carbons (Fsp3) is 0. The van der Waals surface area contributed by atoms with Gasteiger partial charge in [0.25, 0.3) is 0 Å². The Balaban J connectivity index is 1.82. The minimum absolute atomic E-state index is 0.848. The van der Waals surface area contributed by atoms with Crippen LogP contribution in [0.2, 0.25) is 0 Å². The van der Waals surface area contributed by atoms with Crippen LogP contribution in [0.3, 0.4) is 0 Å². The SMILES string of the molecule is O=P(c1ccccc1)(c1ccccc1)c1ccc(-c2ccc(Br)cc2)cc1. The fourth-order valence-electron chi connectivity index (χ4n) is 3.23. The number of halogens is 1. The normalized spacial score (nSPS) is 11.3. The zero-order valence-corrected chi connectivity index (χ0v) is 17.1. The second-order valence-corrected chi connectivity index (χ2v) is 10.0. The molecule has 27 heavy (non-hydrogen) atoms. The van der Waals surface area contributed by atoms with Crippen molar-refractivity contribution in [3.63, 3.8) is 0 Å². The van der Waals surface area contributed by atoms with Crippen LogP contribution in [-0.2, 0) is 4.57 Å². The summed E-state index contributed by atoms with van der Waals surface area (Å²) in [6.45, 7) is 0. The van der Waals surface area contributed by atoms with Gasteiger partial charge in [-0.05, 0) is 23.3 Å². The lowest BCUT2D eigenvalue weighted by molar-refractivity contribution is 0.592. The molecular formula is C24H18BrOP. The van der Waals surface area contributed by atoms with E-state index in [4.69, 9.17) is 0 Å². The second-order valence-electron chi connectivity index (χ2n) is 6.33. The first-order valence-corrected chi connectivity index (χ1v) is 11.3. The highest BCUT2D eigenvalue weighted by Gasteiger charge is 2.29. The molecule has 132 valence electrons. The maximum atomic E-state index is 14.3. The highest BCUT2D eigenvalue weighted by Crippen LogP contribution is 2.42. The summed E-state index contributed by atoms with van der Waals surface area (Å²) in [5.41, 5.74) is 2.25. The Bertz CT molecular complexity index is 1030. The molecule has 0 aliphatic rings. The maximum Gasteiger partial charge on any atom is 0.171 e. The average Bonchev–Trinajstić information content (AvgIpc) is 2.75. The van der Waals surface area contributed by atoms with Gasteiger partial charge in [0.05, 0.1) is 0 Å². The first kappa shape index (κ1) is 18.0. The third kappa shape index (κ3) is 3.56. The summed E-state index contributed by atoms with van der Waals surface area (Å²) in [7, 11) is -2.90. The minimum atomic E-state index is -2.90. The molecule has 0 heterocycles. The van der Waals surface area contributed by atoms with E-state index in [1.807, 2.05) is 84.9 Å². The highest BCUT2D eigenvalue weighted by molar-refractivity contribution is 9.10. The van der Waals surface area contributed by atoms with Crippen molar-refractivity contribution in [1.29, 1.82) is 0 Å². The van der Waals surface area contributed by atoms with Gasteiger partial charge in [-0.15, -0.1) is 0 Å². The molecule has 0 atom stereocenters. The molecule has 0 N–H and O–H groups in total. The molecule has 4 aromatic rings. The summed E-state index contributed by atoms with van der Waals surface area (Å²) >= 11 is 3.47. The van der Waals surface area contributed by atoms with Crippen molar-refractivity contribution >= 4 is 39.0 Å². The molecule has 4 rings (SSSR count). The van der Waals surface area contributed by atoms with Gasteiger partial charge in [0.15, 0.2) is 7.14 Å². The van der Waals surface area contributed by atoms with E-state index in [1.165, 1.54) is 0 Å². The van der Waals surface area contributed by atoms with Crippen LogP contribution in [0.15, 0.2) is 114 Å². The molecule has 4 aromatic carbocycles. The Labute approximate surface area is 168 Å². The van der Waals surface area contributed by atoms with Gasteiger partial charge in [0, 0.05) is 20.4 Å². The summed E-state index contributed by atoms with van der Waals surface area (Å²) in [5.74, 6) is 0. The number of rotatable bonds is 4. The van der Waals surface area contributed by atoms with E-state index in [9.17, 15) is 4.57 Å². The molecule has 0 fully saturated rings. The Kier molecular flexibility index (Phi) is 5.11. The van der Waals surface area contributed by atoms with Crippen LogP contribution < -0.4 is 15.9 Å². The third-order valence-electron chi connectivity index (χ3n) is 4.65. The molecule has 3 heteroatoms. The highest BCUT2D eigenvalue weighted by atomic mass is 79.9. The van der Waals surface area contributed by atoms with Gasteiger partial charge in [-0.25, -0.2) is 0 Å². The van der Waals surface area contributed by atoms with Gasteiger partial charge in [0.1, 0.15) is 0 Å². The van der Waals surface area contributed by atoms with E-state index < -0.39 is 7.14 Å². The van der Waals surface area contributed by atoms with Crippen LogP contribution in [0.25, 0.3) is 11.1 Å². The molecule has 0 bridgehead atoms. The number of hydrogen-bond acceptors (Lipinski definition) is 1. The van der Waals surface area contributed by atoms with Crippen LogP contribution in [0, 0.1) is 0 Å². The summed E-state index contributed by atoms with van der Waals surface area (Å²) in [6.07, 6.45) is 0. The quantitative estimate of drug-likeness (QED) is 0.375. The summed E-state index contributed by atoms with van der Waals surface area (Å²) in [5, 5.41) is 2.56. The summed E-state index contributed by atoms with van der Waals surface area (Å²) in [4.78, 5) is 0. The van der Waals surface area contributed by atoms with E-state index in [1.54, 1.807) is 0 Å². The predicted octanol–water partition coefficient (Wildman–Crippen LogP) is 5.76. The van der Waals surface area contributed by atoms with Crippen molar-refractivity contribution < 1.29 is 4.57 Å². The van der Waals surface area contributed by atoms with Gasteiger partial charge in [0.2, 0.25) is 0 Å². The largest absolute Gasteiger partial charge is 0.309 e. The lowest BCUT2D eigenvalue weighted by atomic mass is 10.1. The van der Waals surface area contributed by atoms with Crippen molar-refractivity contribution in [1.82, 2.24) is 0 Å². The smallest absolute Gasteiger partial charge is 0.171 e. The summed E-state index contributed by atoms with van der Waals surface area (Å²) < 4.78 is 15.4. The fourth-order valence-corrected chi connectivity index (χ4v) is 6.14. The molecule has 0 aliphatic heterocycles. The van der Waals surface area contributed by atoms with Crippen molar-refractivity contribution in [3.8, 4) is 11.1 Å². The van der Waals surface area contributed by atoms with Crippen LogP contribution in [0.5, 0.6) is 0 Å². The van der Waals surface area contributed by atoms with Gasteiger partial charge >= 0.3 is 0 Å². The van der Waals surface area contributed by atoms with Crippen molar-refractivity contribution in [2.75, 3.05) is 0 Å². The lowest BCUT2D eigenvalue weighted by Crippen LogP contribution is -2.24. The van der Waals surface area contributed by atoms with Gasteiger partial charge in [-0.2, -0.15) is 0 Å². The van der Waals surface area contributed by atoms with E-state index in [0.717, 1.165) is 31.5 Å². The van der Waals surface area contributed by atoms with Crippen molar-refractivity contribution in [2.45, 2.75) is 0 Å². The molecule has 0 saturated carbocycles. The standard InChI is InChI=1S/C24H18BrOP/c25-21-15-11-19(12-16-21)20-13-17-24(18-14-20)27(26,22-7-3-1-4-8-22)23-9-5-2-6-10-23/h1-18H. The monoisotopic (exact) mass is 432 g/mol. The zero-order chi connectivity index (χ0) is 18.7. The third-order valence-corrected chi connectivity index (χ3v) is 8.25. The molecular weight excluding hydrogens is 415 g/mol. The van der Waals surface area contributed by atoms with Crippen molar-refractivity contribution in [2.24, 2.45) is 0 Å². The molecule has 0 saturated heterocycles. The zero-order valence-electron chi connectivity index (χ0n) is 14.6. The second kappa shape index (κ2) is 7.68. The van der Waals surface area contributed by atoms with Crippen molar-refractivity contribution in [3.05, 3.63) is 114 Å². The van der Waals surface area contributed by atoms with Crippen LogP contribution in [-0.4, -0.2) is 0 Å². The average molecular weight is 433 g/mol. The molecule has 0 amide bonds. The first-order chi connectivity index (χ1) is 13.2. The lowest BCUT2D eigenvalue weighted by Gasteiger charge is -2.20. The first-order valence-electron chi connectivity index (χ1n) is 8.76. The molecule has 0 unspecified atom stereocenters. The predicted molar refractivity (Wildman–Crippen MR) is 119 cm³/mol. The van der Waals surface area contributed by atoms with Gasteiger partial charge in [-0.1, -0.05) is 113 Å². The molecule has 1 nitrogen and oxygen atoms in total. The van der Waals surface area contributed by atoms with E-state index in [0.29, 0.717) is 0 Å². The number of benzene rings is 4. The van der Waals surface area contributed by atoms with E-state index in [-0.39, 0.29) is 0 Å². The van der Waals surface area contributed by atoms with Gasteiger partial charge in [-0.3, -0.25) is 0 Å². The Morgan fingerprint density at radius 2 is 0.852 bits per heavy atom. The topological polar surface area (TPSA) is 17.1 Å². The van der Waals surface area contributed by atoms with Gasteiger partial charge < -0.3 is 4.57 Å². The molecule has 0 radical (unpaired) electrons. The van der Waals surface area contributed by atoms with Crippen LogP contribution in [0.4, 0.5) is 0 Å². The van der Waals surface area contributed by atoms with E-state index >= 15 is 0 Å². The Hall–Kier alpha value is -2.41. The summed E-state index contributed by atoms with van der Waals surface area (Å²) in [6, 6.07) is 35.8. The maximum absolute atomic E-state index is 14.3. The molecule has 0 aromatic heterocycles. The Morgan fingerprint density at radius 3 is 1.30 bits per heavy atom.